The highest BCUT2D eigenvalue weighted by Crippen LogP contribution is 2.33. The molecule has 22 heavy (non-hydrogen) atoms. The monoisotopic (exact) mass is 344 g/mol. The number of hydrogen-bond acceptors (Lipinski definition) is 3. The van der Waals surface area contributed by atoms with Crippen LogP contribution in [0.1, 0.15) is 30.1 Å². The lowest BCUT2D eigenvalue weighted by Crippen LogP contribution is -2.46. The van der Waals surface area contributed by atoms with Crippen molar-refractivity contribution in [3.05, 3.63) is 27.7 Å². The summed E-state index contributed by atoms with van der Waals surface area (Å²) in [6, 6.07) is 2.44. The average molecular weight is 345 g/mol. The van der Waals surface area contributed by atoms with Gasteiger partial charge in [-0.2, -0.15) is 0 Å². The van der Waals surface area contributed by atoms with E-state index in [1.165, 1.54) is 13.2 Å². The number of likely N-dealkylation sites (tertiary alicyclic amines) is 1. The molecular weight excluding hydrogens is 327 g/mol. The third kappa shape index (κ3) is 3.47. The van der Waals surface area contributed by atoms with Gasteiger partial charge in [-0.3, -0.25) is 9.59 Å². The van der Waals surface area contributed by atoms with E-state index in [4.69, 9.17) is 27.9 Å². The molecule has 1 heterocycles. The summed E-state index contributed by atoms with van der Waals surface area (Å²) >= 11 is 12.1. The summed E-state index contributed by atoms with van der Waals surface area (Å²) in [5.74, 6) is -0.375. The van der Waals surface area contributed by atoms with Gasteiger partial charge >= 0.3 is 0 Å². The van der Waals surface area contributed by atoms with Gasteiger partial charge in [0.15, 0.2) is 5.75 Å². The lowest BCUT2D eigenvalue weighted by Gasteiger charge is -2.21. The zero-order chi connectivity index (χ0) is 16.3. The fraction of sp³-hybridized carbons (Fsp3) is 0.467. The van der Waals surface area contributed by atoms with E-state index in [0.717, 1.165) is 25.9 Å². The van der Waals surface area contributed by atoms with Gasteiger partial charge in [0.1, 0.15) is 11.6 Å². The van der Waals surface area contributed by atoms with Crippen LogP contribution in [0.3, 0.4) is 0 Å². The molecule has 0 aliphatic carbocycles. The predicted molar refractivity (Wildman–Crippen MR) is 85.8 cm³/mol. The van der Waals surface area contributed by atoms with E-state index in [1.54, 1.807) is 17.9 Å². The molecule has 0 saturated carbocycles. The van der Waals surface area contributed by atoms with Gasteiger partial charge in [0, 0.05) is 13.1 Å². The van der Waals surface area contributed by atoms with Crippen molar-refractivity contribution in [2.45, 2.75) is 25.8 Å². The van der Waals surface area contributed by atoms with Crippen LogP contribution in [-0.2, 0) is 4.79 Å². The first-order valence-electron chi connectivity index (χ1n) is 7.07. The molecule has 1 aromatic carbocycles. The number of carbonyl (C=O) groups is 2. The minimum absolute atomic E-state index is 0.0945. The van der Waals surface area contributed by atoms with Crippen LogP contribution in [-0.4, -0.2) is 43.0 Å². The molecule has 1 aliphatic heterocycles. The number of amides is 2. The molecule has 5 nitrogen and oxygen atoms in total. The maximum Gasteiger partial charge on any atom is 0.257 e. The Morgan fingerprint density at radius 2 is 1.82 bits per heavy atom. The summed E-state index contributed by atoms with van der Waals surface area (Å²) in [4.78, 5) is 26.4. The Hall–Kier alpha value is -1.46. The minimum Gasteiger partial charge on any atom is -0.494 e. The zero-order valence-electron chi connectivity index (χ0n) is 12.5. The van der Waals surface area contributed by atoms with Gasteiger partial charge in [-0.05, 0) is 31.9 Å². The number of ether oxygens (including phenoxy) is 1. The van der Waals surface area contributed by atoms with Crippen LogP contribution in [0.25, 0.3) is 0 Å². The number of methoxy groups -OCH3 is 1. The molecule has 1 aromatic rings. The topological polar surface area (TPSA) is 58.6 Å². The van der Waals surface area contributed by atoms with E-state index in [-0.39, 0.29) is 27.3 Å². The summed E-state index contributed by atoms with van der Waals surface area (Å²) in [6.45, 7) is 3.13. The molecule has 2 amide bonds. The normalized spacial score (nSPS) is 15.5. The van der Waals surface area contributed by atoms with Gasteiger partial charge < -0.3 is 15.0 Å². The molecule has 0 aromatic heterocycles. The third-order valence-corrected chi connectivity index (χ3v) is 4.24. The van der Waals surface area contributed by atoms with Crippen LogP contribution >= 0.6 is 23.2 Å². The van der Waals surface area contributed by atoms with Crippen LogP contribution < -0.4 is 10.1 Å². The fourth-order valence-electron chi connectivity index (χ4n) is 2.49. The maximum atomic E-state index is 12.4. The Bertz CT molecular complexity index is 586. The summed E-state index contributed by atoms with van der Waals surface area (Å²) in [7, 11) is 1.41. The standard InChI is InChI=1S/C15H18Cl2N2O3/c1-9(15(21)19-7-3-4-8-19)18-14(20)12-10(16)5-6-11(17)13(12)22-2/h5-6,9H,3-4,7-8H2,1-2H3,(H,18,20)/t9-/m0/s1. The van der Waals surface area contributed by atoms with Crippen molar-refractivity contribution in [1.29, 1.82) is 0 Å². The Morgan fingerprint density at radius 3 is 2.41 bits per heavy atom. The quantitative estimate of drug-likeness (QED) is 0.913. The molecule has 0 bridgehead atoms. The molecule has 1 aliphatic rings. The average Bonchev–Trinajstić information content (AvgIpc) is 3.02. The summed E-state index contributed by atoms with van der Waals surface area (Å²) in [6.07, 6.45) is 2.00. The van der Waals surface area contributed by atoms with Crippen molar-refractivity contribution < 1.29 is 14.3 Å². The second kappa shape index (κ2) is 7.20. The maximum absolute atomic E-state index is 12.4. The van der Waals surface area contributed by atoms with E-state index in [0.29, 0.717) is 0 Å². The molecular formula is C15H18Cl2N2O3. The number of hydrogen-bond donors (Lipinski definition) is 1. The first kappa shape index (κ1) is 16.9. The van der Waals surface area contributed by atoms with E-state index >= 15 is 0 Å². The number of rotatable bonds is 4. The van der Waals surface area contributed by atoms with Gasteiger partial charge in [0.05, 0.1) is 17.2 Å². The van der Waals surface area contributed by atoms with Gasteiger partial charge in [-0.25, -0.2) is 0 Å². The number of halogens is 2. The highest BCUT2D eigenvalue weighted by Gasteiger charge is 2.27. The van der Waals surface area contributed by atoms with Gasteiger partial charge in [0.2, 0.25) is 5.91 Å². The van der Waals surface area contributed by atoms with Crippen LogP contribution in [0, 0.1) is 0 Å². The Morgan fingerprint density at radius 1 is 1.23 bits per heavy atom. The Labute approximate surface area is 139 Å². The van der Waals surface area contributed by atoms with Crippen molar-refractivity contribution >= 4 is 35.0 Å². The highest BCUT2D eigenvalue weighted by atomic mass is 35.5. The van der Waals surface area contributed by atoms with Gasteiger partial charge in [0.25, 0.3) is 5.91 Å². The first-order chi connectivity index (χ1) is 10.5. The van der Waals surface area contributed by atoms with Crippen LogP contribution in [0.4, 0.5) is 0 Å². The zero-order valence-corrected chi connectivity index (χ0v) is 14.0. The first-order valence-corrected chi connectivity index (χ1v) is 7.83. The van der Waals surface area contributed by atoms with E-state index < -0.39 is 11.9 Å². The number of carbonyl (C=O) groups excluding carboxylic acids is 2. The van der Waals surface area contributed by atoms with Gasteiger partial charge in [-0.15, -0.1) is 0 Å². The van der Waals surface area contributed by atoms with Crippen molar-refractivity contribution in [2.24, 2.45) is 0 Å². The molecule has 7 heteroatoms. The van der Waals surface area contributed by atoms with E-state index in [1.807, 2.05) is 0 Å². The third-order valence-electron chi connectivity index (χ3n) is 3.63. The predicted octanol–water partition coefficient (Wildman–Crippen LogP) is 2.74. The number of nitrogens with zero attached hydrogens (tertiary/aromatic N) is 1. The number of benzene rings is 1. The van der Waals surface area contributed by atoms with Crippen LogP contribution in [0.5, 0.6) is 5.75 Å². The lowest BCUT2D eigenvalue weighted by molar-refractivity contribution is -0.131. The molecule has 1 fully saturated rings. The van der Waals surface area contributed by atoms with E-state index in [9.17, 15) is 9.59 Å². The highest BCUT2D eigenvalue weighted by molar-refractivity contribution is 6.37. The van der Waals surface area contributed by atoms with E-state index in [2.05, 4.69) is 5.32 Å². The molecule has 120 valence electrons. The van der Waals surface area contributed by atoms with Crippen LogP contribution in [0.2, 0.25) is 10.0 Å². The summed E-state index contributed by atoms with van der Waals surface area (Å²) < 4.78 is 5.15. The molecule has 0 unspecified atom stereocenters. The molecule has 0 spiro atoms. The minimum atomic E-state index is -0.634. The summed E-state index contributed by atoms with van der Waals surface area (Å²) in [5, 5.41) is 3.17. The van der Waals surface area contributed by atoms with Crippen molar-refractivity contribution in [1.82, 2.24) is 10.2 Å². The molecule has 0 radical (unpaired) electrons. The molecule has 1 saturated heterocycles. The molecule has 1 atom stereocenters. The van der Waals surface area contributed by atoms with Crippen LogP contribution in [0.15, 0.2) is 12.1 Å². The van der Waals surface area contributed by atoms with Gasteiger partial charge in [-0.1, -0.05) is 23.2 Å². The number of nitrogens with one attached hydrogen (secondary N) is 1. The van der Waals surface area contributed by atoms with Crippen molar-refractivity contribution in [2.75, 3.05) is 20.2 Å². The lowest BCUT2D eigenvalue weighted by atomic mass is 10.1. The Balaban J connectivity index is 2.15. The second-order valence-electron chi connectivity index (χ2n) is 5.16. The smallest absolute Gasteiger partial charge is 0.257 e. The van der Waals surface area contributed by atoms with Crippen molar-refractivity contribution in [3.8, 4) is 5.75 Å². The second-order valence-corrected chi connectivity index (χ2v) is 5.98. The fourth-order valence-corrected chi connectivity index (χ4v) is 2.96. The molecule has 1 N–H and O–H groups in total. The van der Waals surface area contributed by atoms with Crippen molar-refractivity contribution in [3.63, 3.8) is 0 Å². The Kier molecular flexibility index (Phi) is 5.53. The summed E-state index contributed by atoms with van der Waals surface area (Å²) in [5.41, 5.74) is 0.137. The SMILES string of the molecule is COc1c(Cl)ccc(Cl)c1C(=O)N[C@@H](C)C(=O)N1CCCC1. The largest absolute Gasteiger partial charge is 0.494 e. The molecule has 2 rings (SSSR count).